The highest BCUT2D eigenvalue weighted by atomic mass is 16.5. The molecule has 21 heavy (non-hydrogen) atoms. The molecule has 1 aromatic heterocycles. The second-order valence-corrected chi connectivity index (χ2v) is 5.78. The quantitative estimate of drug-likeness (QED) is 0.887. The molecule has 0 radical (unpaired) electrons. The lowest BCUT2D eigenvalue weighted by Crippen LogP contribution is -2.18. The van der Waals surface area contributed by atoms with Crippen LogP contribution in [0.5, 0.6) is 5.75 Å². The monoisotopic (exact) mass is 286 g/mol. The van der Waals surface area contributed by atoms with E-state index in [1.54, 1.807) is 6.33 Å². The van der Waals surface area contributed by atoms with Crippen molar-refractivity contribution in [3.8, 4) is 5.75 Å². The maximum Gasteiger partial charge on any atom is 0.138 e. The van der Waals surface area contributed by atoms with Crippen molar-refractivity contribution >= 4 is 0 Å². The van der Waals surface area contributed by atoms with E-state index in [2.05, 4.69) is 51.4 Å². The Hall–Kier alpha value is -1.88. The van der Waals surface area contributed by atoms with Gasteiger partial charge in [0.1, 0.15) is 17.9 Å². The van der Waals surface area contributed by atoms with Crippen molar-refractivity contribution in [1.82, 2.24) is 20.1 Å². The minimum atomic E-state index is 0.409. The number of aromatic amines is 1. The lowest BCUT2D eigenvalue weighted by molar-refractivity contribution is 0.209. The van der Waals surface area contributed by atoms with E-state index in [1.807, 2.05) is 0 Å². The number of H-pyrrole nitrogens is 1. The summed E-state index contributed by atoms with van der Waals surface area (Å²) in [6, 6.07) is 8.41. The van der Waals surface area contributed by atoms with Crippen LogP contribution in [0.3, 0.4) is 0 Å². The molecular formula is C16H22N4O. The topological polar surface area (TPSA) is 54.0 Å². The van der Waals surface area contributed by atoms with Crippen molar-refractivity contribution in [1.29, 1.82) is 0 Å². The van der Waals surface area contributed by atoms with E-state index in [-0.39, 0.29) is 0 Å². The summed E-state index contributed by atoms with van der Waals surface area (Å²) in [5, 5.41) is 6.76. The summed E-state index contributed by atoms with van der Waals surface area (Å²) in [5.74, 6) is 1.88. The number of ether oxygens (including phenoxy) is 1. The van der Waals surface area contributed by atoms with Crippen LogP contribution in [0, 0.1) is 0 Å². The summed E-state index contributed by atoms with van der Waals surface area (Å²) >= 11 is 0. The highest BCUT2D eigenvalue weighted by molar-refractivity contribution is 5.28. The van der Waals surface area contributed by atoms with Gasteiger partial charge in [-0.1, -0.05) is 12.1 Å². The fourth-order valence-electron chi connectivity index (χ4n) is 2.85. The van der Waals surface area contributed by atoms with Gasteiger partial charge in [-0.2, -0.15) is 5.10 Å². The average molecular weight is 286 g/mol. The molecule has 1 fully saturated rings. The third-order valence-corrected chi connectivity index (χ3v) is 3.84. The van der Waals surface area contributed by atoms with Gasteiger partial charge in [-0.25, -0.2) is 4.98 Å². The molecule has 1 aliphatic carbocycles. The zero-order valence-electron chi connectivity index (χ0n) is 12.5. The zero-order chi connectivity index (χ0) is 14.5. The Labute approximate surface area is 125 Å². The third-order valence-electron chi connectivity index (χ3n) is 3.84. The van der Waals surface area contributed by atoms with Crippen LogP contribution in [0.15, 0.2) is 30.6 Å². The minimum Gasteiger partial charge on any atom is -0.490 e. The van der Waals surface area contributed by atoms with Crippen LogP contribution >= 0.6 is 0 Å². The first-order chi connectivity index (χ1) is 10.3. The summed E-state index contributed by atoms with van der Waals surface area (Å²) in [6.45, 7) is 1.62. The van der Waals surface area contributed by atoms with Gasteiger partial charge in [0, 0.05) is 6.54 Å². The number of hydrogen-bond donors (Lipinski definition) is 1. The molecule has 5 nitrogen and oxygen atoms in total. The van der Waals surface area contributed by atoms with Gasteiger partial charge in [0.15, 0.2) is 0 Å². The average Bonchev–Trinajstić information content (AvgIpc) is 3.12. The highest BCUT2D eigenvalue weighted by Gasteiger charge is 2.16. The second-order valence-electron chi connectivity index (χ2n) is 5.78. The summed E-state index contributed by atoms with van der Waals surface area (Å²) in [4.78, 5) is 6.35. The van der Waals surface area contributed by atoms with E-state index < -0.39 is 0 Å². The maximum absolute atomic E-state index is 6.06. The maximum atomic E-state index is 6.06. The molecule has 5 heteroatoms. The lowest BCUT2D eigenvalue weighted by Gasteiger charge is -2.17. The fraction of sp³-hybridized carbons (Fsp3) is 0.500. The van der Waals surface area contributed by atoms with E-state index >= 15 is 0 Å². The first-order valence-electron chi connectivity index (χ1n) is 7.58. The largest absolute Gasteiger partial charge is 0.490 e. The van der Waals surface area contributed by atoms with E-state index in [1.165, 1.54) is 31.2 Å². The fourth-order valence-corrected chi connectivity index (χ4v) is 2.85. The molecule has 1 aliphatic rings. The van der Waals surface area contributed by atoms with Crippen molar-refractivity contribution in [2.45, 2.75) is 44.9 Å². The Morgan fingerprint density at radius 2 is 2.14 bits per heavy atom. The number of benzene rings is 1. The SMILES string of the molecule is CN(Cc1cccc(OC2CCCC2)c1)Cc1ncn[nH]1. The van der Waals surface area contributed by atoms with Gasteiger partial charge in [-0.15, -0.1) is 0 Å². The summed E-state index contributed by atoms with van der Waals surface area (Å²) in [7, 11) is 2.08. The molecule has 112 valence electrons. The molecule has 1 aromatic carbocycles. The number of hydrogen-bond acceptors (Lipinski definition) is 4. The van der Waals surface area contributed by atoms with Gasteiger partial charge < -0.3 is 4.74 Å². The summed E-state index contributed by atoms with van der Waals surface area (Å²) in [5.41, 5.74) is 1.26. The molecule has 0 aliphatic heterocycles. The predicted octanol–water partition coefficient (Wildman–Crippen LogP) is 2.76. The molecule has 0 amide bonds. The van der Waals surface area contributed by atoms with Gasteiger partial charge in [0.2, 0.25) is 0 Å². The smallest absolute Gasteiger partial charge is 0.138 e. The van der Waals surface area contributed by atoms with Crippen LogP contribution in [-0.2, 0) is 13.1 Å². The molecule has 1 heterocycles. The molecule has 1 saturated carbocycles. The van der Waals surface area contributed by atoms with E-state index in [0.717, 1.165) is 24.7 Å². The van der Waals surface area contributed by atoms with Crippen LogP contribution < -0.4 is 4.74 Å². The number of rotatable bonds is 6. The van der Waals surface area contributed by atoms with E-state index in [9.17, 15) is 0 Å². The number of nitrogens with one attached hydrogen (secondary N) is 1. The standard InChI is InChI=1S/C16H22N4O/c1-20(11-16-17-12-18-19-16)10-13-5-4-8-15(9-13)21-14-6-2-3-7-14/h4-5,8-9,12,14H,2-3,6-7,10-11H2,1H3,(H,17,18,19). The number of aromatic nitrogens is 3. The van der Waals surface area contributed by atoms with Gasteiger partial charge >= 0.3 is 0 Å². The van der Waals surface area contributed by atoms with Gasteiger partial charge in [0.05, 0.1) is 12.6 Å². The molecular weight excluding hydrogens is 264 g/mol. The molecule has 2 aromatic rings. The highest BCUT2D eigenvalue weighted by Crippen LogP contribution is 2.24. The first kappa shape index (κ1) is 14.1. The predicted molar refractivity (Wildman–Crippen MR) is 80.9 cm³/mol. The van der Waals surface area contributed by atoms with Crippen molar-refractivity contribution in [3.63, 3.8) is 0 Å². The third kappa shape index (κ3) is 4.04. The van der Waals surface area contributed by atoms with E-state index in [0.29, 0.717) is 6.10 Å². The van der Waals surface area contributed by atoms with Crippen molar-refractivity contribution in [2.24, 2.45) is 0 Å². The Balaban J connectivity index is 1.57. The minimum absolute atomic E-state index is 0.409. The summed E-state index contributed by atoms with van der Waals surface area (Å²) in [6.07, 6.45) is 6.92. The van der Waals surface area contributed by atoms with Crippen LogP contribution in [0.4, 0.5) is 0 Å². The van der Waals surface area contributed by atoms with Gasteiger partial charge in [-0.05, 0) is 50.4 Å². The van der Waals surface area contributed by atoms with Crippen LogP contribution in [0.1, 0.15) is 37.1 Å². The van der Waals surface area contributed by atoms with Crippen LogP contribution in [-0.4, -0.2) is 33.2 Å². The zero-order valence-corrected chi connectivity index (χ0v) is 12.5. The van der Waals surface area contributed by atoms with Crippen molar-refractivity contribution < 1.29 is 4.74 Å². The van der Waals surface area contributed by atoms with Crippen LogP contribution in [0.25, 0.3) is 0 Å². The van der Waals surface area contributed by atoms with E-state index in [4.69, 9.17) is 4.74 Å². The molecule has 0 spiro atoms. The molecule has 0 saturated heterocycles. The molecule has 1 N–H and O–H groups in total. The molecule has 0 unspecified atom stereocenters. The van der Waals surface area contributed by atoms with Crippen LogP contribution in [0.2, 0.25) is 0 Å². The van der Waals surface area contributed by atoms with Crippen molar-refractivity contribution in [3.05, 3.63) is 42.0 Å². The Morgan fingerprint density at radius 1 is 1.29 bits per heavy atom. The second kappa shape index (κ2) is 6.72. The lowest BCUT2D eigenvalue weighted by atomic mass is 10.2. The normalized spacial score (nSPS) is 15.7. The molecule has 0 atom stereocenters. The summed E-state index contributed by atoms with van der Waals surface area (Å²) < 4.78 is 6.06. The Morgan fingerprint density at radius 3 is 2.90 bits per heavy atom. The molecule has 0 bridgehead atoms. The molecule has 3 rings (SSSR count). The Bertz CT molecular complexity index is 549. The van der Waals surface area contributed by atoms with Gasteiger partial charge in [0.25, 0.3) is 0 Å². The van der Waals surface area contributed by atoms with Crippen molar-refractivity contribution in [2.75, 3.05) is 7.05 Å². The first-order valence-corrected chi connectivity index (χ1v) is 7.58. The Kier molecular flexibility index (Phi) is 4.50. The van der Waals surface area contributed by atoms with Gasteiger partial charge in [-0.3, -0.25) is 10.00 Å². The number of nitrogens with zero attached hydrogens (tertiary/aromatic N) is 3.